The van der Waals surface area contributed by atoms with Gasteiger partial charge in [-0.3, -0.25) is 10.1 Å². The Morgan fingerprint density at radius 2 is 1.70 bits per heavy atom. The van der Waals surface area contributed by atoms with Crippen LogP contribution in [0.1, 0.15) is 22.9 Å². The number of para-hydroxylation sites is 1. The third kappa shape index (κ3) is 6.80. The Kier molecular flexibility index (Phi) is 8.10. The van der Waals surface area contributed by atoms with Gasteiger partial charge in [-0.2, -0.15) is 0 Å². The van der Waals surface area contributed by atoms with Crippen molar-refractivity contribution in [1.82, 2.24) is 25.4 Å². The summed E-state index contributed by atoms with van der Waals surface area (Å²) in [4.78, 5) is 34.7. The number of hydrogen-bond acceptors (Lipinski definition) is 6. The number of amides is 3. The highest BCUT2D eigenvalue weighted by atomic mass is 19.4. The van der Waals surface area contributed by atoms with E-state index in [1.165, 1.54) is 40.2 Å². The number of ether oxygens (including phenoxy) is 1. The Morgan fingerprint density at radius 1 is 1.02 bits per heavy atom. The van der Waals surface area contributed by atoms with Crippen LogP contribution in [-0.2, 0) is 4.79 Å². The Labute approximate surface area is 243 Å². The summed E-state index contributed by atoms with van der Waals surface area (Å²) in [5.41, 5.74) is 3.66. The van der Waals surface area contributed by atoms with Gasteiger partial charge < -0.3 is 10.1 Å². The first-order valence-corrected chi connectivity index (χ1v) is 13.0. The van der Waals surface area contributed by atoms with E-state index >= 15 is 0 Å². The molecule has 2 heterocycles. The highest BCUT2D eigenvalue weighted by Gasteiger charge is 2.31. The molecule has 5 rings (SSSR count). The van der Waals surface area contributed by atoms with E-state index in [1.807, 2.05) is 32.0 Å². The number of nitrogens with one attached hydrogen (secondary N) is 2. The molecule has 3 aromatic carbocycles. The molecule has 43 heavy (non-hydrogen) atoms. The molecule has 0 aliphatic carbocycles. The summed E-state index contributed by atoms with van der Waals surface area (Å²) >= 11 is 0. The second-order valence-corrected chi connectivity index (χ2v) is 9.59. The lowest BCUT2D eigenvalue weighted by molar-refractivity contribution is -0.274. The van der Waals surface area contributed by atoms with Gasteiger partial charge in [0.25, 0.3) is 5.91 Å². The van der Waals surface area contributed by atoms with Gasteiger partial charge in [0.05, 0.1) is 17.9 Å². The van der Waals surface area contributed by atoms with E-state index in [0.29, 0.717) is 28.3 Å². The second-order valence-electron chi connectivity index (χ2n) is 9.59. The Morgan fingerprint density at radius 3 is 2.35 bits per heavy atom. The normalized spacial score (nSPS) is 14.0. The zero-order chi connectivity index (χ0) is 30.7. The lowest BCUT2D eigenvalue weighted by Crippen LogP contribution is -2.48. The summed E-state index contributed by atoms with van der Waals surface area (Å²) in [6, 6.07) is 16.3. The Bertz CT molecular complexity index is 1650. The summed E-state index contributed by atoms with van der Waals surface area (Å²) in [5, 5.41) is 9.33. The number of guanidine groups is 1. The number of carbonyl (C=O) groups is 2. The van der Waals surface area contributed by atoms with Crippen molar-refractivity contribution < 1.29 is 31.9 Å². The van der Waals surface area contributed by atoms with Gasteiger partial charge in [0.2, 0.25) is 5.96 Å². The highest BCUT2D eigenvalue weighted by Crippen LogP contribution is 2.27. The van der Waals surface area contributed by atoms with Gasteiger partial charge in [0.1, 0.15) is 24.8 Å². The van der Waals surface area contributed by atoms with E-state index in [4.69, 9.17) is 0 Å². The fraction of sp³-hybridized carbons (Fsp3) is 0.207. The topological polar surface area (TPSA) is 114 Å². The first-order valence-electron chi connectivity index (χ1n) is 13.0. The quantitative estimate of drug-likeness (QED) is 0.287. The minimum Gasteiger partial charge on any atom is -0.406 e. The van der Waals surface area contributed by atoms with Crippen LogP contribution in [0.25, 0.3) is 17.1 Å². The average Bonchev–Trinajstić information content (AvgIpc) is 3.59. The summed E-state index contributed by atoms with van der Waals surface area (Å²) in [6.07, 6.45) is -4.93. The maximum atomic E-state index is 15.0. The number of halogens is 4. The molecular weight excluding hydrogens is 570 g/mol. The predicted molar refractivity (Wildman–Crippen MR) is 150 cm³/mol. The van der Waals surface area contributed by atoms with Gasteiger partial charge in [0.15, 0.2) is 5.82 Å². The molecule has 1 unspecified atom stereocenters. The first kappa shape index (κ1) is 29.2. The first-order chi connectivity index (χ1) is 20.5. The minimum absolute atomic E-state index is 0.0668. The van der Waals surface area contributed by atoms with E-state index in [9.17, 15) is 27.2 Å². The van der Waals surface area contributed by atoms with Gasteiger partial charge in [-0.05, 0) is 54.8 Å². The van der Waals surface area contributed by atoms with Crippen molar-refractivity contribution in [3.63, 3.8) is 0 Å². The Hall–Kier alpha value is -5.27. The predicted octanol–water partition coefficient (Wildman–Crippen LogP) is 5.16. The maximum absolute atomic E-state index is 15.0. The molecule has 2 N–H and O–H groups in total. The smallest absolute Gasteiger partial charge is 0.406 e. The van der Waals surface area contributed by atoms with Crippen molar-refractivity contribution in [2.75, 3.05) is 18.0 Å². The molecular formula is C29H25F4N7O3. The van der Waals surface area contributed by atoms with Crippen LogP contribution in [0.5, 0.6) is 5.75 Å². The summed E-state index contributed by atoms with van der Waals surface area (Å²) in [7, 11) is 0. The number of benzene rings is 3. The molecule has 222 valence electrons. The van der Waals surface area contributed by atoms with Gasteiger partial charge >= 0.3 is 12.4 Å². The number of aryl methyl sites for hydroxylation is 2. The fourth-order valence-corrected chi connectivity index (χ4v) is 4.49. The molecule has 1 aliphatic rings. The van der Waals surface area contributed by atoms with Gasteiger partial charge in [-0.15, -0.1) is 18.3 Å². The van der Waals surface area contributed by atoms with Gasteiger partial charge in [0, 0.05) is 5.56 Å². The molecule has 0 bridgehead atoms. The molecule has 0 radical (unpaired) electrons. The van der Waals surface area contributed by atoms with Gasteiger partial charge in [-0.25, -0.2) is 28.7 Å². The highest BCUT2D eigenvalue weighted by molar-refractivity contribution is 6.24. The van der Waals surface area contributed by atoms with E-state index in [0.717, 1.165) is 23.3 Å². The Balaban J connectivity index is 1.17. The van der Waals surface area contributed by atoms with Crippen molar-refractivity contribution in [3.05, 3.63) is 89.7 Å². The van der Waals surface area contributed by atoms with Crippen LogP contribution in [0.15, 0.2) is 78.0 Å². The van der Waals surface area contributed by atoms with Crippen molar-refractivity contribution in [3.8, 4) is 22.8 Å². The molecule has 0 spiro atoms. The van der Waals surface area contributed by atoms with Crippen LogP contribution >= 0.6 is 0 Å². The molecule has 3 amide bonds. The fourth-order valence-electron chi connectivity index (χ4n) is 4.49. The SMILES string of the molecule is Cc1cccc(C)c1N1C(=O)CN=C1NC(=O)NCC(F)c1ccc(-c2ncn(-c3ccc(OC(F)(F)F)cc3)n2)cc1. The van der Waals surface area contributed by atoms with Gasteiger partial charge in [-0.1, -0.05) is 42.5 Å². The molecule has 1 aromatic heterocycles. The number of aliphatic imine (C=N–C) groups is 1. The zero-order valence-electron chi connectivity index (χ0n) is 22.9. The van der Waals surface area contributed by atoms with E-state index < -0.39 is 18.6 Å². The van der Waals surface area contributed by atoms with Crippen LogP contribution in [0.2, 0.25) is 0 Å². The minimum atomic E-state index is -4.79. The number of aromatic nitrogens is 3. The number of anilines is 1. The molecule has 1 atom stereocenters. The number of alkyl halides is 4. The molecule has 14 heteroatoms. The second kappa shape index (κ2) is 11.9. The third-order valence-electron chi connectivity index (χ3n) is 6.51. The monoisotopic (exact) mass is 595 g/mol. The summed E-state index contributed by atoms with van der Waals surface area (Å²) in [5.74, 6) is -0.266. The number of rotatable bonds is 7. The molecule has 0 saturated heterocycles. The molecule has 10 nitrogen and oxygen atoms in total. The lowest BCUT2D eigenvalue weighted by Gasteiger charge is -2.23. The molecule has 0 fully saturated rings. The lowest BCUT2D eigenvalue weighted by atomic mass is 10.1. The van der Waals surface area contributed by atoms with Crippen molar-refractivity contribution in [2.24, 2.45) is 4.99 Å². The third-order valence-corrected chi connectivity index (χ3v) is 6.51. The van der Waals surface area contributed by atoms with Crippen molar-refractivity contribution >= 4 is 23.6 Å². The van der Waals surface area contributed by atoms with Crippen LogP contribution in [0, 0.1) is 13.8 Å². The number of hydrogen-bond donors (Lipinski definition) is 2. The van der Waals surface area contributed by atoms with Crippen LogP contribution in [0.3, 0.4) is 0 Å². The van der Waals surface area contributed by atoms with Crippen LogP contribution in [-0.4, -0.2) is 52.1 Å². The van der Waals surface area contributed by atoms with Crippen LogP contribution < -0.4 is 20.3 Å². The standard InChI is InChI=1S/C29H25F4N7O3/c1-17-4-3-5-18(2)25(17)40-24(41)15-34-27(40)37-28(42)35-14-23(30)19-6-8-20(9-7-19)26-36-16-39(38-26)21-10-12-22(13-11-21)43-29(31,32)33/h3-13,16,23H,14-15H2,1-2H3,(H2,34,35,37,42). The van der Waals surface area contributed by atoms with Crippen LogP contribution in [0.4, 0.5) is 28.0 Å². The molecule has 0 saturated carbocycles. The van der Waals surface area contributed by atoms with Crippen molar-refractivity contribution in [1.29, 1.82) is 0 Å². The number of nitrogens with zero attached hydrogens (tertiary/aromatic N) is 5. The van der Waals surface area contributed by atoms with E-state index in [-0.39, 0.29) is 30.7 Å². The van der Waals surface area contributed by atoms with E-state index in [2.05, 4.69) is 30.4 Å². The maximum Gasteiger partial charge on any atom is 0.573 e. The summed E-state index contributed by atoms with van der Waals surface area (Å²) in [6.45, 7) is 3.25. The largest absolute Gasteiger partial charge is 0.573 e. The average molecular weight is 596 g/mol. The number of urea groups is 1. The van der Waals surface area contributed by atoms with E-state index in [1.54, 1.807) is 12.1 Å². The number of carbonyl (C=O) groups excluding carboxylic acids is 2. The summed E-state index contributed by atoms with van der Waals surface area (Å²) < 4.78 is 57.3. The zero-order valence-corrected chi connectivity index (χ0v) is 22.9. The van der Waals surface area contributed by atoms with Crippen molar-refractivity contribution in [2.45, 2.75) is 26.4 Å². The molecule has 4 aromatic rings. The molecule has 1 aliphatic heterocycles.